The number of halogens is 1. The van der Waals surface area contributed by atoms with Crippen LogP contribution >= 0.6 is 11.6 Å². The van der Waals surface area contributed by atoms with E-state index < -0.39 is 0 Å². The number of methoxy groups -OCH3 is 1. The van der Waals surface area contributed by atoms with E-state index >= 15 is 0 Å². The molecule has 3 rings (SSSR count). The summed E-state index contributed by atoms with van der Waals surface area (Å²) >= 11 is 6.04. The number of ether oxygens (including phenoxy) is 1. The molecular formula is C18H16ClNO. The Hall–Kier alpha value is -2.19. The Bertz CT molecular complexity index is 770. The average Bonchev–Trinajstić information content (AvgIpc) is 2.53. The molecule has 106 valence electrons. The first-order valence-corrected chi connectivity index (χ1v) is 7.19. The summed E-state index contributed by atoms with van der Waals surface area (Å²) in [7, 11) is 1.66. The van der Waals surface area contributed by atoms with Crippen LogP contribution in [-0.2, 0) is 6.54 Å². The summed E-state index contributed by atoms with van der Waals surface area (Å²) in [5, 5.41) is 6.56. The van der Waals surface area contributed by atoms with Gasteiger partial charge in [0.1, 0.15) is 5.75 Å². The first-order chi connectivity index (χ1) is 10.3. The third-order valence-corrected chi connectivity index (χ3v) is 3.69. The highest BCUT2D eigenvalue weighted by Crippen LogP contribution is 2.28. The maximum absolute atomic E-state index is 6.04. The first kappa shape index (κ1) is 13.8. The van der Waals surface area contributed by atoms with Crippen molar-refractivity contribution in [3.8, 4) is 5.75 Å². The van der Waals surface area contributed by atoms with Crippen molar-refractivity contribution >= 4 is 28.1 Å². The molecule has 0 aliphatic carbocycles. The fraction of sp³-hybridized carbons (Fsp3) is 0.111. The number of nitrogens with one attached hydrogen (secondary N) is 1. The van der Waals surface area contributed by atoms with E-state index in [0.29, 0.717) is 5.02 Å². The maximum Gasteiger partial charge on any atom is 0.142 e. The summed E-state index contributed by atoms with van der Waals surface area (Å²) in [6.45, 7) is 0.724. The molecule has 21 heavy (non-hydrogen) atoms. The van der Waals surface area contributed by atoms with Gasteiger partial charge in [-0.15, -0.1) is 0 Å². The van der Waals surface area contributed by atoms with E-state index in [-0.39, 0.29) is 0 Å². The van der Waals surface area contributed by atoms with E-state index in [1.54, 1.807) is 7.11 Å². The van der Waals surface area contributed by atoms with E-state index in [9.17, 15) is 0 Å². The lowest BCUT2D eigenvalue weighted by Gasteiger charge is -2.12. The van der Waals surface area contributed by atoms with Gasteiger partial charge in [-0.25, -0.2) is 0 Å². The smallest absolute Gasteiger partial charge is 0.142 e. The van der Waals surface area contributed by atoms with Gasteiger partial charge in [-0.05, 0) is 40.6 Å². The molecule has 0 aliphatic heterocycles. The Kier molecular flexibility index (Phi) is 3.98. The van der Waals surface area contributed by atoms with E-state index in [1.165, 1.54) is 16.3 Å². The van der Waals surface area contributed by atoms with Crippen LogP contribution in [0, 0.1) is 0 Å². The molecule has 0 radical (unpaired) electrons. The molecule has 0 aliphatic rings. The zero-order chi connectivity index (χ0) is 14.7. The number of benzene rings is 3. The Balaban J connectivity index is 1.81. The molecule has 0 bridgehead atoms. The normalized spacial score (nSPS) is 10.6. The molecule has 0 amide bonds. The average molecular weight is 298 g/mol. The third kappa shape index (κ3) is 3.11. The predicted molar refractivity (Wildman–Crippen MR) is 89.3 cm³/mol. The van der Waals surface area contributed by atoms with Crippen molar-refractivity contribution in [3.63, 3.8) is 0 Å². The zero-order valence-corrected chi connectivity index (χ0v) is 12.5. The van der Waals surface area contributed by atoms with Crippen molar-refractivity contribution in [2.75, 3.05) is 12.4 Å². The van der Waals surface area contributed by atoms with Crippen LogP contribution in [0.25, 0.3) is 10.8 Å². The minimum absolute atomic E-state index is 0.691. The van der Waals surface area contributed by atoms with Gasteiger partial charge in [0.25, 0.3) is 0 Å². The number of fused-ring (bicyclic) bond motifs is 1. The van der Waals surface area contributed by atoms with Gasteiger partial charge in [-0.1, -0.05) is 48.0 Å². The molecule has 0 saturated heterocycles. The van der Waals surface area contributed by atoms with Crippen molar-refractivity contribution < 1.29 is 4.74 Å². The summed E-state index contributed by atoms with van der Waals surface area (Å²) in [4.78, 5) is 0. The Morgan fingerprint density at radius 2 is 1.76 bits per heavy atom. The molecule has 0 aromatic heterocycles. The number of hydrogen-bond acceptors (Lipinski definition) is 2. The van der Waals surface area contributed by atoms with Crippen molar-refractivity contribution in [2.24, 2.45) is 0 Å². The van der Waals surface area contributed by atoms with Crippen molar-refractivity contribution in [1.82, 2.24) is 0 Å². The highest BCUT2D eigenvalue weighted by atomic mass is 35.5. The van der Waals surface area contributed by atoms with Gasteiger partial charge >= 0.3 is 0 Å². The lowest BCUT2D eigenvalue weighted by Crippen LogP contribution is -2.01. The molecule has 3 aromatic rings. The van der Waals surface area contributed by atoms with Crippen LogP contribution in [0.4, 0.5) is 5.69 Å². The largest absolute Gasteiger partial charge is 0.495 e. The lowest BCUT2D eigenvalue weighted by atomic mass is 10.1. The SMILES string of the molecule is COc1ccc(Cl)cc1NCc1ccc2ccccc2c1. The van der Waals surface area contributed by atoms with Gasteiger partial charge < -0.3 is 10.1 Å². The van der Waals surface area contributed by atoms with Crippen LogP contribution in [-0.4, -0.2) is 7.11 Å². The summed E-state index contributed by atoms with van der Waals surface area (Å²) < 4.78 is 5.34. The summed E-state index contributed by atoms with van der Waals surface area (Å²) in [6, 6.07) is 20.4. The summed E-state index contributed by atoms with van der Waals surface area (Å²) in [5.41, 5.74) is 2.12. The monoisotopic (exact) mass is 297 g/mol. The zero-order valence-electron chi connectivity index (χ0n) is 11.8. The predicted octanol–water partition coefficient (Wildman–Crippen LogP) is 5.11. The van der Waals surface area contributed by atoms with E-state index in [4.69, 9.17) is 16.3 Å². The fourth-order valence-electron chi connectivity index (χ4n) is 2.36. The van der Waals surface area contributed by atoms with Gasteiger partial charge in [0.05, 0.1) is 12.8 Å². The molecule has 1 N–H and O–H groups in total. The van der Waals surface area contributed by atoms with Crippen LogP contribution in [0.3, 0.4) is 0 Å². The standard InChI is InChI=1S/C18H16ClNO/c1-21-18-9-8-16(19)11-17(18)20-12-13-6-7-14-4-2-3-5-15(14)10-13/h2-11,20H,12H2,1H3. The maximum atomic E-state index is 6.04. The van der Waals surface area contributed by atoms with E-state index in [0.717, 1.165) is 18.0 Å². The van der Waals surface area contributed by atoms with Crippen LogP contribution in [0.2, 0.25) is 5.02 Å². The highest BCUT2D eigenvalue weighted by Gasteiger charge is 2.04. The van der Waals surface area contributed by atoms with Crippen LogP contribution in [0.5, 0.6) is 5.75 Å². The molecule has 0 saturated carbocycles. The van der Waals surface area contributed by atoms with Gasteiger partial charge in [0.2, 0.25) is 0 Å². The van der Waals surface area contributed by atoms with E-state index in [2.05, 4.69) is 47.8 Å². The van der Waals surface area contributed by atoms with Crippen LogP contribution in [0.15, 0.2) is 60.7 Å². The molecule has 3 aromatic carbocycles. The first-order valence-electron chi connectivity index (χ1n) is 6.81. The quantitative estimate of drug-likeness (QED) is 0.722. The minimum atomic E-state index is 0.691. The second-order valence-corrected chi connectivity index (χ2v) is 5.32. The van der Waals surface area contributed by atoms with Crippen molar-refractivity contribution in [3.05, 3.63) is 71.2 Å². The number of rotatable bonds is 4. The second kappa shape index (κ2) is 6.06. The molecule has 0 fully saturated rings. The van der Waals surface area contributed by atoms with Crippen molar-refractivity contribution in [1.29, 1.82) is 0 Å². The Morgan fingerprint density at radius 1 is 0.952 bits per heavy atom. The summed E-state index contributed by atoms with van der Waals surface area (Å²) in [5.74, 6) is 0.792. The van der Waals surface area contributed by atoms with Crippen LogP contribution < -0.4 is 10.1 Å². The van der Waals surface area contributed by atoms with Crippen molar-refractivity contribution in [2.45, 2.75) is 6.54 Å². The van der Waals surface area contributed by atoms with Gasteiger partial charge in [-0.3, -0.25) is 0 Å². The summed E-state index contributed by atoms with van der Waals surface area (Å²) in [6.07, 6.45) is 0. The van der Waals surface area contributed by atoms with Gasteiger partial charge in [0, 0.05) is 11.6 Å². The molecule has 0 heterocycles. The lowest BCUT2D eigenvalue weighted by molar-refractivity contribution is 0.416. The number of hydrogen-bond donors (Lipinski definition) is 1. The Morgan fingerprint density at radius 3 is 2.57 bits per heavy atom. The molecular weight excluding hydrogens is 282 g/mol. The Labute approximate surface area is 129 Å². The molecule has 0 atom stereocenters. The highest BCUT2D eigenvalue weighted by molar-refractivity contribution is 6.30. The van der Waals surface area contributed by atoms with Gasteiger partial charge in [-0.2, -0.15) is 0 Å². The van der Waals surface area contributed by atoms with Gasteiger partial charge in [0.15, 0.2) is 0 Å². The number of anilines is 1. The molecule has 3 heteroatoms. The topological polar surface area (TPSA) is 21.3 Å². The molecule has 0 unspecified atom stereocenters. The minimum Gasteiger partial charge on any atom is -0.495 e. The molecule has 0 spiro atoms. The second-order valence-electron chi connectivity index (χ2n) is 4.88. The van der Waals surface area contributed by atoms with Crippen LogP contribution in [0.1, 0.15) is 5.56 Å². The third-order valence-electron chi connectivity index (χ3n) is 3.46. The molecule has 2 nitrogen and oxygen atoms in total. The fourth-order valence-corrected chi connectivity index (χ4v) is 2.54. The van der Waals surface area contributed by atoms with E-state index in [1.807, 2.05) is 18.2 Å².